The van der Waals surface area contributed by atoms with Crippen molar-refractivity contribution in [2.45, 2.75) is 46.1 Å². The van der Waals surface area contributed by atoms with Gasteiger partial charge in [-0.1, -0.05) is 39.0 Å². The lowest BCUT2D eigenvalue weighted by Gasteiger charge is -2.34. The van der Waals surface area contributed by atoms with Crippen molar-refractivity contribution in [3.05, 3.63) is 29.8 Å². The van der Waals surface area contributed by atoms with E-state index in [0.29, 0.717) is 13.1 Å². The van der Waals surface area contributed by atoms with E-state index in [-0.39, 0.29) is 17.9 Å². The number of piperazine rings is 1. The van der Waals surface area contributed by atoms with E-state index >= 15 is 0 Å². The van der Waals surface area contributed by atoms with Crippen molar-refractivity contribution in [1.29, 1.82) is 0 Å². The average Bonchev–Trinajstić information content (AvgIpc) is 2.68. The van der Waals surface area contributed by atoms with Crippen molar-refractivity contribution in [1.82, 2.24) is 15.1 Å². The predicted octanol–water partition coefficient (Wildman–Crippen LogP) is 2.11. The zero-order valence-electron chi connectivity index (χ0n) is 17.0. The molecule has 150 valence electrons. The van der Waals surface area contributed by atoms with Crippen molar-refractivity contribution in [2.24, 2.45) is 0 Å². The summed E-state index contributed by atoms with van der Waals surface area (Å²) in [6.45, 7) is 10.4. The van der Waals surface area contributed by atoms with E-state index in [2.05, 4.69) is 41.2 Å². The molecule has 1 aliphatic rings. The number of hydrogen-bond acceptors (Lipinski definition) is 4. The lowest BCUT2D eigenvalue weighted by molar-refractivity contribution is -0.124. The highest BCUT2D eigenvalue weighted by Crippen LogP contribution is 2.15. The molecular formula is C21H34N4O2. The van der Waals surface area contributed by atoms with Crippen LogP contribution >= 0.6 is 0 Å². The average molecular weight is 375 g/mol. The maximum atomic E-state index is 12.4. The molecule has 2 amide bonds. The fourth-order valence-electron chi connectivity index (χ4n) is 3.42. The standard InChI is InChI=1S/C21H34N4O2/c1-4-17-9-7-8-10-19(17)23-21(27)16-25-13-11-24(12-14-25)15-20(26)22-18(5-2)6-3/h7-10,18H,4-6,11-16H2,1-3H3,(H,22,26)(H,23,27). The van der Waals surface area contributed by atoms with Gasteiger partial charge < -0.3 is 10.6 Å². The number of carbonyl (C=O) groups is 2. The molecule has 0 atom stereocenters. The molecule has 1 aliphatic heterocycles. The molecule has 0 aliphatic carbocycles. The predicted molar refractivity (Wildman–Crippen MR) is 110 cm³/mol. The quantitative estimate of drug-likeness (QED) is 0.695. The highest BCUT2D eigenvalue weighted by Gasteiger charge is 2.21. The summed E-state index contributed by atoms with van der Waals surface area (Å²) in [6.07, 6.45) is 2.83. The minimum atomic E-state index is 0.0239. The number of nitrogens with one attached hydrogen (secondary N) is 2. The van der Waals surface area contributed by atoms with Gasteiger partial charge in [-0.25, -0.2) is 0 Å². The van der Waals surface area contributed by atoms with E-state index < -0.39 is 0 Å². The van der Waals surface area contributed by atoms with Crippen molar-refractivity contribution < 1.29 is 9.59 Å². The van der Waals surface area contributed by atoms with Crippen LogP contribution in [-0.4, -0.2) is 66.9 Å². The van der Waals surface area contributed by atoms with Gasteiger partial charge in [-0.3, -0.25) is 19.4 Å². The Bertz CT molecular complexity index is 608. The molecule has 6 nitrogen and oxygen atoms in total. The first-order valence-electron chi connectivity index (χ1n) is 10.2. The van der Waals surface area contributed by atoms with Crippen molar-refractivity contribution in [3.63, 3.8) is 0 Å². The number of para-hydroxylation sites is 1. The number of benzene rings is 1. The largest absolute Gasteiger partial charge is 0.352 e. The molecule has 1 saturated heterocycles. The molecular weight excluding hydrogens is 340 g/mol. The third kappa shape index (κ3) is 6.96. The Morgan fingerprint density at radius 2 is 1.48 bits per heavy atom. The highest BCUT2D eigenvalue weighted by molar-refractivity contribution is 5.93. The summed E-state index contributed by atoms with van der Waals surface area (Å²) in [4.78, 5) is 28.8. The van der Waals surface area contributed by atoms with Gasteiger partial charge in [0.2, 0.25) is 11.8 Å². The van der Waals surface area contributed by atoms with Gasteiger partial charge in [-0.05, 0) is 30.9 Å². The highest BCUT2D eigenvalue weighted by atomic mass is 16.2. The van der Waals surface area contributed by atoms with Crippen LogP contribution in [0.3, 0.4) is 0 Å². The maximum Gasteiger partial charge on any atom is 0.238 e. The Morgan fingerprint density at radius 1 is 0.926 bits per heavy atom. The third-order valence-corrected chi connectivity index (χ3v) is 5.22. The Morgan fingerprint density at radius 3 is 2.04 bits per heavy atom. The van der Waals surface area contributed by atoms with E-state index in [0.717, 1.165) is 56.7 Å². The summed E-state index contributed by atoms with van der Waals surface area (Å²) < 4.78 is 0. The van der Waals surface area contributed by atoms with Crippen molar-refractivity contribution in [3.8, 4) is 0 Å². The van der Waals surface area contributed by atoms with Crippen LogP contribution < -0.4 is 10.6 Å². The van der Waals surface area contributed by atoms with Gasteiger partial charge >= 0.3 is 0 Å². The number of amides is 2. The first-order valence-corrected chi connectivity index (χ1v) is 10.2. The molecule has 0 aromatic heterocycles. The van der Waals surface area contributed by atoms with E-state index in [1.54, 1.807) is 0 Å². The van der Waals surface area contributed by atoms with E-state index in [1.165, 1.54) is 0 Å². The van der Waals surface area contributed by atoms with Gasteiger partial charge in [0, 0.05) is 37.9 Å². The topological polar surface area (TPSA) is 64.7 Å². The number of rotatable bonds is 9. The molecule has 1 heterocycles. The molecule has 1 aromatic rings. The zero-order valence-corrected chi connectivity index (χ0v) is 17.0. The monoisotopic (exact) mass is 374 g/mol. The summed E-state index contributed by atoms with van der Waals surface area (Å²) in [5, 5.41) is 6.12. The summed E-state index contributed by atoms with van der Waals surface area (Å²) in [5.41, 5.74) is 2.06. The normalized spacial score (nSPS) is 15.7. The summed E-state index contributed by atoms with van der Waals surface area (Å²) in [5.74, 6) is 0.127. The Balaban J connectivity index is 1.72. The first-order chi connectivity index (χ1) is 13.0. The van der Waals surface area contributed by atoms with E-state index in [4.69, 9.17) is 0 Å². The van der Waals surface area contributed by atoms with Crippen LogP contribution in [0.15, 0.2) is 24.3 Å². The number of carbonyl (C=O) groups excluding carboxylic acids is 2. The van der Waals surface area contributed by atoms with E-state index in [1.807, 2.05) is 24.3 Å². The van der Waals surface area contributed by atoms with Crippen LogP contribution in [0.5, 0.6) is 0 Å². The number of aryl methyl sites for hydroxylation is 1. The minimum Gasteiger partial charge on any atom is -0.352 e. The van der Waals surface area contributed by atoms with E-state index in [9.17, 15) is 9.59 Å². The van der Waals surface area contributed by atoms with Crippen LogP contribution in [0.25, 0.3) is 0 Å². The molecule has 0 radical (unpaired) electrons. The van der Waals surface area contributed by atoms with Crippen molar-refractivity contribution in [2.75, 3.05) is 44.6 Å². The zero-order chi connectivity index (χ0) is 19.6. The molecule has 27 heavy (non-hydrogen) atoms. The minimum absolute atomic E-state index is 0.0239. The molecule has 2 N–H and O–H groups in total. The van der Waals surface area contributed by atoms with Crippen LogP contribution in [-0.2, 0) is 16.0 Å². The third-order valence-electron chi connectivity index (χ3n) is 5.22. The lowest BCUT2D eigenvalue weighted by atomic mass is 10.1. The Hall–Kier alpha value is -1.92. The van der Waals surface area contributed by atoms with Crippen molar-refractivity contribution >= 4 is 17.5 Å². The summed E-state index contributed by atoms with van der Waals surface area (Å²) in [6, 6.07) is 8.20. The molecule has 0 spiro atoms. The molecule has 6 heteroatoms. The molecule has 0 saturated carbocycles. The fraction of sp³-hybridized carbons (Fsp3) is 0.619. The van der Waals surface area contributed by atoms with Crippen LogP contribution in [0, 0.1) is 0 Å². The molecule has 0 unspecified atom stereocenters. The van der Waals surface area contributed by atoms with Crippen LogP contribution in [0.4, 0.5) is 5.69 Å². The molecule has 1 fully saturated rings. The van der Waals surface area contributed by atoms with Gasteiger partial charge in [-0.15, -0.1) is 0 Å². The number of hydrogen-bond donors (Lipinski definition) is 2. The molecule has 2 rings (SSSR count). The lowest BCUT2D eigenvalue weighted by Crippen LogP contribution is -2.51. The van der Waals surface area contributed by atoms with Crippen LogP contribution in [0.2, 0.25) is 0 Å². The van der Waals surface area contributed by atoms with Gasteiger partial charge in [0.05, 0.1) is 13.1 Å². The Kier molecular flexibility index (Phi) is 8.75. The summed E-state index contributed by atoms with van der Waals surface area (Å²) in [7, 11) is 0. The van der Waals surface area contributed by atoms with Gasteiger partial charge in [0.25, 0.3) is 0 Å². The smallest absolute Gasteiger partial charge is 0.238 e. The summed E-state index contributed by atoms with van der Waals surface area (Å²) >= 11 is 0. The Labute approximate surface area is 163 Å². The first kappa shape index (κ1) is 21.4. The second kappa shape index (κ2) is 11.0. The van der Waals surface area contributed by atoms with Gasteiger partial charge in [-0.2, -0.15) is 0 Å². The number of anilines is 1. The number of nitrogens with zero attached hydrogens (tertiary/aromatic N) is 2. The fourth-order valence-corrected chi connectivity index (χ4v) is 3.42. The maximum absolute atomic E-state index is 12.4. The second-order valence-corrected chi connectivity index (χ2v) is 7.19. The molecule has 0 bridgehead atoms. The molecule has 1 aromatic carbocycles. The van der Waals surface area contributed by atoms with Gasteiger partial charge in [0.15, 0.2) is 0 Å². The van der Waals surface area contributed by atoms with Gasteiger partial charge in [0.1, 0.15) is 0 Å². The van der Waals surface area contributed by atoms with Crippen LogP contribution in [0.1, 0.15) is 39.2 Å². The second-order valence-electron chi connectivity index (χ2n) is 7.19. The SMILES string of the molecule is CCc1ccccc1NC(=O)CN1CCN(CC(=O)NC(CC)CC)CC1.